The first-order valence-corrected chi connectivity index (χ1v) is 11.2. The predicted octanol–water partition coefficient (Wildman–Crippen LogP) is 4.60. The van der Waals surface area contributed by atoms with Gasteiger partial charge in [0.05, 0.1) is 12.2 Å². The second-order valence-corrected chi connectivity index (χ2v) is 9.04. The Hall–Kier alpha value is -3.42. The number of aromatic amines is 1. The number of benzene rings is 1. The van der Waals surface area contributed by atoms with Crippen LogP contribution >= 0.6 is 0 Å². The van der Waals surface area contributed by atoms with Gasteiger partial charge < -0.3 is 0 Å². The van der Waals surface area contributed by atoms with Gasteiger partial charge in [-0.25, -0.2) is 9.67 Å². The zero-order chi connectivity index (χ0) is 22.6. The average Bonchev–Trinajstić information content (AvgIpc) is 3.45. The molecule has 0 aliphatic rings. The molecule has 0 bridgehead atoms. The minimum Gasteiger partial charge on any atom is -0.259 e. The first-order valence-electron chi connectivity index (χ1n) is 11.2. The van der Waals surface area contributed by atoms with Crippen LogP contribution in [0.3, 0.4) is 0 Å². The molecule has 0 spiro atoms. The summed E-state index contributed by atoms with van der Waals surface area (Å²) in [5, 5.41) is 19.3. The maximum atomic E-state index is 4.86. The number of hydrogen-bond donors (Lipinski definition) is 1. The van der Waals surface area contributed by atoms with Gasteiger partial charge in [-0.1, -0.05) is 70.9 Å². The Labute approximate surface area is 188 Å². The number of pyridine rings is 1. The minimum atomic E-state index is -0.0824. The van der Waals surface area contributed by atoms with E-state index in [1.807, 2.05) is 35.1 Å². The van der Waals surface area contributed by atoms with Crippen molar-refractivity contribution in [3.63, 3.8) is 0 Å². The SMILES string of the molecule is CCCCCc1nc(C(C)(C)C)nn1Cc1ccc(-c2ccccc2-c2nn[nH]n2)cn1. The molecule has 8 nitrogen and oxygen atoms in total. The van der Waals surface area contributed by atoms with E-state index in [1.165, 1.54) is 12.8 Å². The number of aromatic nitrogens is 8. The smallest absolute Gasteiger partial charge is 0.205 e. The molecule has 0 unspecified atom stereocenters. The third-order valence-corrected chi connectivity index (χ3v) is 5.38. The molecule has 1 aromatic carbocycles. The Morgan fingerprint density at radius 3 is 2.47 bits per heavy atom. The molecule has 0 aliphatic heterocycles. The van der Waals surface area contributed by atoms with E-state index in [2.05, 4.69) is 60.5 Å². The van der Waals surface area contributed by atoms with Gasteiger partial charge in [0.15, 0.2) is 5.82 Å². The maximum absolute atomic E-state index is 4.86. The summed E-state index contributed by atoms with van der Waals surface area (Å²) in [6.07, 6.45) is 6.34. The lowest BCUT2D eigenvalue weighted by Gasteiger charge is -2.12. The zero-order valence-corrected chi connectivity index (χ0v) is 19.2. The summed E-state index contributed by atoms with van der Waals surface area (Å²) < 4.78 is 2.02. The summed E-state index contributed by atoms with van der Waals surface area (Å²) in [5.41, 5.74) is 3.81. The third-order valence-electron chi connectivity index (χ3n) is 5.38. The van der Waals surface area contributed by atoms with E-state index in [4.69, 9.17) is 15.1 Å². The van der Waals surface area contributed by atoms with Gasteiger partial charge in [0, 0.05) is 29.2 Å². The number of aryl methyl sites for hydroxylation is 1. The van der Waals surface area contributed by atoms with Crippen molar-refractivity contribution in [2.24, 2.45) is 0 Å². The number of hydrogen-bond acceptors (Lipinski definition) is 6. The number of H-pyrrole nitrogens is 1. The Bertz CT molecular complexity index is 1140. The fourth-order valence-electron chi connectivity index (χ4n) is 3.57. The topological polar surface area (TPSA) is 98.1 Å². The van der Waals surface area contributed by atoms with Gasteiger partial charge in [-0.05, 0) is 23.3 Å². The van der Waals surface area contributed by atoms with Crippen LogP contribution in [0.15, 0.2) is 42.6 Å². The van der Waals surface area contributed by atoms with Crippen molar-refractivity contribution in [2.45, 2.75) is 65.3 Å². The van der Waals surface area contributed by atoms with Gasteiger partial charge in [0.2, 0.25) is 5.82 Å². The van der Waals surface area contributed by atoms with Crippen LogP contribution in [-0.2, 0) is 18.4 Å². The second-order valence-electron chi connectivity index (χ2n) is 9.04. The molecule has 1 N–H and O–H groups in total. The highest BCUT2D eigenvalue weighted by atomic mass is 15.5. The van der Waals surface area contributed by atoms with Gasteiger partial charge in [-0.3, -0.25) is 4.98 Å². The van der Waals surface area contributed by atoms with Gasteiger partial charge in [0.1, 0.15) is 5.82 Å². The lowest BCUT2D eigenvalue weighted by Crippen LogP contribution is -2.14. The van der Waals surface area contributed by atoms with Crippen LogP contribution in [-0.4, -0.2) is 40.4 Å². The van der Waals surface area contributed by atoms with Gasteiger partial charge in [-0.2, -0.15) is 10.3 Å². The van der Waals surface area contributed by atoms with Crippen LogP contribution in [0.25, 0.3) is 22.5 Å². The fraction of sp³-hybridized carbons (Fsp3) is 0.417. The first kappa shape index (κ1) is 21.8. The third kappa shape index (κ3) is 4.90. The minimum absolute atomic E-state index is 0.0824. The number of nitrogens with one attached hydrogen (secondary N) is 1. The highest BCUT2D eigenvalue weighted by Gasteiger charge is 2.22. The first-order chi connectivity index (χ1) is 15.5. The van der Waals surface area contributed by atoms with Crippen LogP contribution in [0.5, 0.6) is 0 Å². The number of rotatable bonds is 8. The molecular weight excluding hydrogens is 400 g/mol. The highest BCUT2D eigenvalue weighted by molar-refractivity contribution is 5.79. The van der Waals surface area contributed by atoms with Crippen molar-refractivity contribution in [1.29, 1.82) is 0 Å². The normalized spacial score (nSPS) is 11.8. The quantitative estimate of drug-likeness (QED) is 0.410. The zero-order valence-electron chi connectivity index (χ0n) is 19.2. The molecule has 3 heterocycles. The van der Waals surface area contributed by atoms with Gasteiger partial charge in [-0.15, -0.1) is 10.2 Å². The summed E-state index contributed by atoms with van der Waals surface area (Å²) >= 11 is 0. The van der Waals surface area contributed by atoms with Crippen molar-refractivity contribution < 1.29 is 0 Å². The van der Waals surface area contributed by atoms with E-state index in [1.54, 1.807) is 0 Å². The molecule has 3 aromatic heterocycles. The average molecular weight is 431 g/mol. The highest BCUT2D eigenvalue weighted by Crippen LogP contribution is 2.29. The van der Waals surface area contributed by atoms with Crippen LogP contribution in [0.2, 0.25) is 0 Å². The van der Waals surface area contributed by atoms with E-state index in [0.717, 1.165) is 46.9 Å². The lowest BCUT2D eigenvalue weighted by molar-refractivity contribution is 0.530. The molecular formula is C24H30N8. The second kappa shape index (κ2) is 9.38. The molecule has 0 saturated carbocycles. The van der Waals surface area contributed by atoms with E-state index in [-0.39, 0.29) is 5.41 Å². The molecule has 0 radical (unpaired) electrons. The monoisotopic (exact) mass is 430 g/mol. The summed E-state index contributed by atoms with van der Waals surface area (Å²) in [5.74, 6) is 2.49. The van der Waals surface area contributed by atoms with E-state index < -0.39 is 0 Å². The van der Waals surface area contributed by atoms with Gasteiger partial charge in [0.25, 0.3) is 0 Å². The Morgan fingerprint density at radius 1 is 1.00 bits per heavy atom. The molecule has 4 aromatic rings. The molecule has 166 valence electrons. The number of tetrazole rings is 1. The summed E-state index contributed by atoms with van der Waals surface area (Å²) in [6, 6.07) is 12.1. The molecule has 0 fully saturated rings. The molecule has 0 amide bonds. The van der Waals surface area contributed by atoms with Crippen molar-refractivity contribution in [3.05, 3.63) is 59.9 Å². The predicted molar refractivity (Wildman–Crippen MR) is 124 cm³/mol. The maximum Gasteiger partial charge on any atom is 0.205 e. The number of unbranched alkanes of at least 4 members (excludes halogenated alkanes) is 2. The van der Waals surface area contributed by atoms with E-state index in [9.17, 15) is 0 Å². The molecule has 0 aliphatic carbocycles. The summed E-state index contributed by atoms with van der Waals surface area (Å²) in [6.45, 7) is 9.27. The fourth-order valence-corrected chi connectivity index (χ4v) is 3.57. The van der Waals surface area contributed by atoms with E-state index in [0.29, 0.717) is 12.4 Å². The molecule has 0 atom stereocenters. The summed E-state index contributed by atoms with van der Waals surface area (Å²) in [4.78, 5) is 9.58. The van der Waals surface area contributed by atoms with Crippen LogP contribution < -0.4 is 0 Å². The van der Waals surface area contributed by atoms with Gasteiger partial charge >= 0.3 is 0 Å². The van der Waals surface area contributed by atoms with Crippen LogP contribution in [0.4, 0.5) is 0 Å². The molecule has 32 heavy (non-hydrogen) atoms. The molecule has 0 saturated heterocycles. The largest absolute Gasteiger partial charge is 0.259 e. The van der Waals surface area contributed by atoms with Crippen molar-refractivity contribution >= 4 is 0 Å². The Kier molecular flexibility index (Phi) is 6.39. The van der Waals surface area contributed by atoms with Crippen molar-refractivity contribution in [1.82, 2.24) is 40.4 Å². The molecule has 4 rings (SSSR count). The number of nitrogens with zero attached hydrogens (tertiary/aromatic N) is 7. The summed E-state index contributed by atoms with van der Waals surface area (Å²) in [7, 11) is 0. The molecule has 8 heteroatoms. The lowest BCUT2D eigenvalue weighted by atomic mass is 9.96. The van der Waals surface area contributed by atoms with Crippen LogP contribution in [0.1, 0.15) is 64.3 Å². The standard InChI is InChI=1S/C24H30N8/c1-5-6-7-12-21-26-23(24(2,3)4)29-32(21)16-18-14-13-17(15-25-18)19-10-8-9-11-20(19)22-27-30-31-28-22/h8-11,13-15H,5-7,12,16H2,1-4H3,(H,27,28,30,31). The van der Waals surface area contributed by atoms with Crippen molar-refractivity contribution in [3.8, 4) is 22.5 Å². The Balaban J connectivity index is 1.58. The Morgan fingerprint density at radius 2 is 1.81 bits per heavy atom. The van der Waals surface area contributed by atoms with E-state index >= 15 is 0 Å². The van der Waals surface area contributed by atoms with Crippen molar-refractivity contribution in [2.75, 3.05) is 0 Å². The van der Waals surface area contributed by atoms with Crippen LogP contribution in [0, 0.1) is 0 Å².